The number of rotatable bonds is 6. The van der Waals surface area contributed by atoms with E-state index in [1.807, 2.05) is 0 Å². The Balaban J connectivity index is 1.67. The summed E-state index contributed by atoms with van der Waals surface area (Å²) in [6, 6.07) is 12.8. The SMILES string of the molecule is O=C(NCCN(C(=O)c1ccc(Cl)cc1Cl)c1ccc(F)cc1)Nc1ccc(C(F)(F)F)cc1. The second-order valence-electron chi connectivity index (χ2n) is 7.01. The number of amides is 3. The van der Waals surface area contributed by atoms with Crippen LogP contribution in [0.15, 0.2) is 66.7 Å². The fourth-order valence-electron chi connectivity index (χ4n) is 2.98. The lowest BCUT2D eigenvalue weighted by molar-refractivity contribution is -0.137. The van der Waals surface area contributed by atoms with Crippen LogP contribution in [0.2, 0.25) is 10.0 Å². The summed E-state index contributed by atoms with van der Waals surface area (Å²) >= 11 is 12.0. The lowest BCUT2D eigenvalue weighted by atomic mass is 10.1. The molecular weight excluding hydrogens is 497 g/mol. The van der Waals surface area contributed by atoms with Gasteiger partial charge in [-0.2, -0.15) is 13.2 Å². The molecule has 0 radical (unpaired) electrons. The van der Waals surface area contributed by atoms with Crippen molar-refractivity contribution in [3.05, 3.63) is 93.7 Å². The summed E-state index contributed by atoms with van der Waals surface area (Å²) in [7, 11) is 0. The van der Waals surface area contributed by atoms with Crippen LogP contribution in [-0.2, 0) is 6.18 Å². The summed E-state index contributed by atoms with van der Waals surface area (Å²) < 4.78 is 51.3. The molecule has 0 atom stereocenters. The van der Waals surface area contributed by atoms with Crippen molar-refractivity contribution in [2.45, 2.75) is 6.18 Å². The maximum Gasteiger partial charge on any atom is 0.416 e. The van der Waals surface area contributed by atoms with Crippen molar-refractivity contribution < 1.29 is 27.2 Å². The first kappa shape index (κ1) is 25.3. The highest BCUT2D eigenvalue weighted by molar-refractivity contribution is 6.37. The highest BCUT2D eigenvalue weighted by Crippen LogP contribution is 2.30. The minimum atomic E-state index is -4.48. The Morgan fingerprint density at radius 1 is 0.912 bits per heavy atom. The third kappa shape index (κ3) is 6.61. The summed E-state index contributed by atoms with van der Waals surface area (Å²) in [4.78, 5) is 26.6. The average Bonchev–Trinajstić information content (AvgIpc) is 2.77. The zero-order chi connectivity index (χ0) is 24.9. The zero-order valence-corrected chi connectivity index (χ0v) is 18.8. The van der Waals surface area contributed by atoms with Gasteiger partial charge in [0.2, 0.25) is 0 Å². The van der Waals surface area contributed by atoms with Crippen LogP contribution in [0.25, 0.3) is 0 Å². The van der Waals surface area contributed by atoms with Crippen molar-refractivity contribution in [1.82, 2.24) is 5.32 Å². The molecule has 11 heteroatoms. The van der Waals surface area contributed by atoms with Gasteiger partial charge >= 0.3 is 12.2 Å². The number of hydrogen-bond donors (Lipinski definition) is 2. The third-order valence-electron chi connectivity index (χ3n) is 4.64. The summed E-state index contributed by atoms with van der Waals surface area (Å²) in [5.41, 5.74) is -0.162. The molecule has 34 heavy (non-hydrogen) atoms. The molecular formula is C23H17Cl2F4N3O2. The van der Waals surface area contributed by atoms with E-state index in [-0.39, 0.29) is 29.4 Å². The highest BCUT2D eigenvalue weighted by Gasteiger charge is 2.30. The molecule has 3 aromatic carbocycles. The molecule has 0 heterocycles. The van der Waals surface area contributed by atoms with Crippen LogP contribution in [0.4, 0.5) is 33.7 Å². The first-order chi connectivity index (χ1) is 16.0. The topological polar surface area (TPSA) is 61.4 Å². The van der Waals surface area contributed by atoms with Crippen LogP contribution < -0.4 is 15.5 Å². The number of carbonyl (C=O) groups excluding carboxylic acids is 2. The van der Waals surface area contributed by atoms with Crippen LogP contribution in [0.1, 0.15) is 15.9 Å². The van der Waals surface area contributed by atoms with Crippen molar-refractivity contribution >= 4 is 46.5 Å². The number of nitrogens with one attached hydrogen (secondary N) is 2. The zero-order valence-electron chi connectivity index (χ0n) is 17.3. The Morgan fingerprint density at radius 3 is 2.15 bits per heavy atom. The van der Waals surface area contributed by atoms with Crippen LogP contribution in [0, 0.1) is 5.82 Å². The minimum absolute atomic E-state index is 0.0101. The van der Waals surface area contributed by atoms with Gasteiger partial charge < -0.3 is 15.5 Å². The van der Waals surface area contributed by atoms with Crippen molar-refractivity contribution in [2.75, 3.05) is 23.3 Å². The van der Waals surface area contributed by atoms with Crippen molar-refractivity contribution in [3.63, 3.8) is 0 Å². The number of halogens is 6. The number of nitrogens with zero attached hydrogens (tertiary/aromatic N) is 1. The fraction of sp³-hybridized carbons (Fsp3) is 0.130. The van der Waals surface area contributed by atoms with Crippen LogP contribution in [-0.4, -0.2) is 25.0 Å². The molecule has 3 rings (SSSR count). The molecule has 0 bridgehead atoms. The van der Waals surface area contributed by atoms with E-state index in [0.29, 0.717) is 10.7 Å². The lowest BCUT2D eigenvalue weighted by Crippen LogP contribution is -2.40. The van der Waals surface area contributed by atoms with E-state index in [1.165, 1.54) is 47.4 Å². The molecule has 2 N–H and O–H groups in total. The van der Waals surface area contributed by atoms with Crippen molar-refractivity contribution in [1.29, 1.82) is 0 Å². The second-order valence-corrected chi connectivity index (χ2v) is 7.86. The van der Waals surface area contributed by atoms with Crippen LogP contribution in [0.5, 0.6) is 0 Å². The molecule has 5 nitrogen and oxygen atoms in total. The van der Waals surface area contributed by atoms with Crippen molar-refractivity contribution in [3.8, 4) is 0 Å². The third-order valence-corrected chi connectivity index (χ3v) is 5.18. The minimum Gasteiger partial charge on any atom is -0.336 e. The molecule has 0 unspecified atom stereocenters. The van der Waals surface area contributed by atoms with Gasteiger partial charge in [-0.05, 0) is 66.7 Å². The Morgan fingerprint density at radius 2 is 1.56 bits per heavy atom. The Kier molecular flexibility index (Phi) is 8.01. The van der Waals surface area contributed by atoms with Gasteiger partial charge in [-0.25, -0.2) is 9.18 Å². The van der Waals surface area contributed by atoms with Gasteiger partial charge in [-0.15, -0.1) is 0 Å². The van der Waals surface area contributed by atoms with Gasteiger partial charge in [0.15, 0.2) is 0 Å². The van der Waals surface area contributed by atoms with Crippen molar-refractivity contribution in [2.24, 2.45) is 0 Å². The van der Waals surface area contributed by atoms with Gasteiger partial charge in [0.1, 0.15) is 5.82 Å². The lowest BCUT2D eigenvalue weighted by Gasteiger charge is -2.24. The maximum atomic E-state index is 13.4. The number of anilines is 2. The van der Waals surface area contributed by atoms with Gasteiger partial charge in [0.05, 0.1) is 16.1 Å². The van der Waals surface area contributed by atoms with Gasteiger partial charge in [-0.3, -0.25) is 4.79 Å². The normalized spacial score (nSPS) is 11.1. The molecule has 0 aliphatic rings. The van der Waals surface area contributed by atoms with Crippen LogP contribution in [0.3, 0.4) is 0 Å². The van der Waals surface area contributed by atoms with Gasteiger partial charge in [-0.1, -0.05) is 23.2 Å². The van der Waals surface area contributed by atoms with E-state index in [4.69, 9.17) is 23.2 Å². The molecule has 0 aliphatic carbocycles. The van der Waals surface area contributed by atoms with E-state index in [1.54, 1.807) is 0 Å². The monoisotopic (exact) mass is 513 g/mol. The predicted molar refractivity (Wildman–Crippen MR) is 123 cm³/mol. The van der Waals surface area contributed by atoms with E-state index >= 15 is 0 Å². The quantitative estimate of drug-likeness (QED) is 0.364. The summed E-state index contributed by atoms with van der Waals surface area (Å²) in [6.45, 7) is -0.0371. The molecule has 0 saturated heterocycles. The first-order valence-electron chi connectivity index (χ1n) is 9.79. The van der Waals surface area contributed by atoms with Crippen LogP contribution >= 0.6 is 23.2 Å². The molecule has 0 aliphatic heterocycles. The molecule has 178 valence electrons. The van der Waals surface area contributed by atoms with Gasteiger partial charge in [0.25, 0.3) is 5.91 Å². The smallest absolute Gasteiger partial charge is 0.336 e. The number of hydrogen-bond acceptors (Lipinski definition) is 2. The standard InChI is InChI=1S/C23H17Cl2F4N3O2/c24-15-3-10-19(20(25)13-15)21(33)32(18-8-4-16(26)5-9-18)12-11-30-22(34)31-17-6-1-14(2-7-17)23(27,28)29/h1-10,13H,11-12H2,(H2,30,31,34). The second kappa shape index (κ2) is 10.8. The molecule has 3 aromatic rings. The highest BCUT2D eigenvalue weighted by atomic mass is 35.5. The van der Waals surface area contributed by atoms with E-state index in [0.717, 1.165) is 24.3 Å². The van der Waals surface area contributed by atoms with E-state index < -0.39 is 29.5 Å². The Labute approximate surface area is 202 Å². The summed E-state index contributed by atoms with van der Waals surface area (Å²) in [5.74, 6) is -0.993. The Bertz CT molecular complexity index is 1170. The predicted octanol–water partition coefficient (Wildman–Crippen LogP) is 6.62. The number of carbonyl (C=O) groups is 2. The first-order valence-corrected chi connectivity index (χ1v) is 10.5. The summed E-state index contributed by atoms with van der Waals surface area (Å²) in [5, 5.41) is 5.40. The molecule has 0 aromatic heterocycles. The molecule has 0 spiro atoms. The number of urea groups is 1. The largest absolute Gasteiger partial charge is 0.416 e. The molecule has 0 saturated carbocycles. The average molecular weight is 514 g/mol. The fourth-order valence-corrected chi connectivity index (χ4v) is 3.47. The number of alkyl halides is 3. The van der Waals surface area contributed by atoms with Gasteiger partial charge in [0, 0.05) is 29.5 Å². The molecule has 0 fully saturated rings. The Hall–Kier alpha value is -3.30. The van der Waals surface area contributed by atoms with E-state index in [2.05, 4.69) is 10.6 Å². The molecule has 3 amide bonds. The number of benzene rings is 3. The van der Waals surface area contributed by atoms with E-state index in [9.17, 15) is 27.2 Å². The maximum absolute atomic E-state index is 13.4. The summed E-state index contributed by atoms with van der Waals surface area (Å²) in [6.07, 6.45) is -4.48.